The zero-order valence-electron chi connectivity index (χ0n) is 13.4. The predicted octanol–water partition coefficient (Wildman–Crippen LogP) is 2.29. The summed E-state index contributed by atoms with van der Waals surface area (Å²) in [5.41, 5.74) is 1.02. The average molecular weight is 323 g/mol. The van der Waals surface area contributed by atoms with Crippen LogP contribution in [0.25, 0.3) is 0 Å². The van der Waals surface area contributed by atoms with Gasteiger partial charge in [-0.25, -0.2) is 4.98 Å². The second-order valence-electron chi connectivity index (χ2n) is 5.75. The number of carbonyl (C=O) groups is 2. The van der Waals surface area contributed by atoms with Crippen LogP contribution >= 0.6 is 11.3 Å². The van der Waals surface area contributed by atoms with Gasteiger partial charge in [-0.2, -0.15) is 0 Å². The van der Waals surface area contributed by atoms with Crippen LogP contribution in [0.1, 0.15) is 49.7 Å². The third-order valence-electron chi connectivity index (χ3n) is 3.94. The zero-order valence-corrected chi connectivity index (χ0v) is 14.2. The van der Waals surface area contributed by atoms with Crippen LogP contribution in [0.5, 0.6) is 0 Å². The normalized spacial score (nSPS) is 18.3. The molecule has 122 valence electrons. The van der Waals surface area contributed by atoms with E-state index in [9.17, 15) is 9.59 Å². The zero-order chi connectivity index (χ0) is 15.9. The minimum absolute atomic E-state index is 0.0175. The van der Waals surface area contributed by atoms with Crippen LogP contribution in [0.3, 0.4) is 0 Å². The molecule has 1 saturated heterocycles. The van der Waals surface area contributed by atoms with E-state index >= 15 is 0 Å². The summed E-state index contributed by atoms with van der Waals surface area (Å²) in [6, 6.07) is -0.287. The van der Waals surface area contributed by atoms with Gasteiger partial charge in [0.15, 0.2) is 0 Å². The number of thiazole rings is 1. The number of rotatable bonds is 6. The summed E-state index contributed by atoms with van der Waals surface area (Å²) in [5.74, 6) is 0.0913. The van der Waals surface area contributed by atoms with Crippen molar-refractivity contribution in [2.75, 3.05) is 13.1 Å². The third kappa shape index (κ3) is 4.53. The number of aryl methyl sites for hydroxylation is 1. The van der Waals surface area contributed by atoms with Crippen LogP contribution in [0.4, 0.5) is 0 Å². The smallest absolute Gasteiger partial charge is 0.242 e. The fourth-order valence-electron chi connectivity index (χ4n) is 2.81. The third-order valence-corrected chi connectivity index (χ3v) is 4.76. The molecular formula is C16H25N3O2S. The van der Waals surface area contributed by atoms with Crippen LogP contribution < -0.4 is 5.32 Å². The molecule has 1 aliphatic heterocycles. The number of aromatic nitrogens is 1. The van der Waals surface area contributed by atoms with E-state index in [-0.39, 0.29) is 17.9 Å². The Kier molecular flexibility index (Phi) is 6.36. The van der Waals surface area contributed by atoms with Crippen molar-refractivity contribution in [1.29, 1.82) is 0 Å². The Labute approximate surface area is 136 Å². The number of nitrogens with one attached hydrogen (secondary N) is 1. The second-order valence-corrected chi connectivity index (χ2v) is 6.81. The van der Waals surface area contributed by atoms with E-state index in [1.54, 1.807) is 16.2 Å². The van der Waals surface area contributed by atoms with Gasteiger partial charge in [0, 0.05) is 31.3 Å². The van der Waals surface area contributed by atoms with Gasteiger partial charge in [0.05, 0.1) is 10.7 Å². The summed E-state index contributed by atoms with van der Waals surface area (Å²) < 4.78 is 0. The van der Waals surface area contributed by atoms with Gasteiger partial charge in [0.1, 0.15) is 6.04 Å². The molecule has 0 spiro atoms. The monoisotopic (exact) mass is 323 g/mol. The van der Waals surface area contributed by atoms with E-state index in [2.05, 4.69) is 10.3 Å². The number of hydrogen-bond donors (Lipinski definition) is 1. The van der Waals surface area contributed by atoms with Gasteiger partial charge < -0.3 is 10.2 Å². The molecule has 1 N–H and O–H groups in total. The highest BCUT2D eigenvalue weighted by Gasteiger charge is 2.31. The highest BCUT2D eigenvalue weighted by molar-refractivity contribution is 7.09. The average Bonchev–Trinajstić information content (AvgIpc) is 2.93. The highest BCUT2D eigenvalue weighted by atomic mass is 32.1. The lowest BCUT2D eigenvalue weighted by Gasteiger charge is -2.34. The number of piperidine rings is 1. The molecule has 2 heterocycles. The molecule has 1 aliphatic rings. The van der Waals surface area contributed by atoms with Gasteiger partial charge in [-0.3, -0.25) is 9.59 Å². The Bertz CT molecular complexity index is 515. The quantitative estimate of drug-likeness (QED) is 0.874. The SMILES string of the molecule is CCCC(=O)N1CCCC[C@@H]1C(=O)NCCc1csc(C)n1. The fraction of sp³-hybridized carbons (Fsp3) is 0.688. The largest absolute Gasteiger partial charge is 0.354 e. The Morgan fingerprint density at radius 2 is 2.27 bits per heavy atom. The van der Waals surface area contributed by atoms with Gasteiger partial charge in [-0.15, -0.1) is 11.3 Å². The predicted molar refractivity (Wildman–Crippen MR) is 87.8 cm³/mol. The molecule has 22 heavy (non-hydrogen) atoms. The van der Waals surface area contributed by atoms with E-state index in [4.69, 9.17) is 0 Å². The van der Waals surface area contributed by atoms with Crippen molar-refractivity contribution < 1.29 is 9.59 Å². The van der Waals surface area contributed by atoms with Crippen molar-refractivity contribution in [2.45, 2.75) is 58.4 Å². The van der Waals surface area contributed by atoms with Crippen LogP contribution in [-0.2, 0) is 16.0 Å². The first-order valence-electron chi connectivity index (χ1n) is 8.10. The summed E-state index contributed by atoms with van der Waals surface area (Å²) in [5, 5.41) is 6.04. The van der Waals surface area contributed by atoms with Crippen molar-refractivity contribution in [2.24, 2.45) is 0 Å². The van der Waals surface area contributed by atoms with E-state index in [1.165, 1.54) is 0 Å². The van der Waals surface area contributed by atoms with Gasteiger partial charge in [0.2, 0.25) is 11.8 Å². The van der Waals surface area contributed by atoms with Crippen LogP contribution in [0, 0.1) is 6.92 Å². The van der Waals surface area contributed by atoms with Crippen molar-refractivity contribution in [3.8, 4) is 0 Å². The Hall–Kier alpha value is -1.43. The lowest BCUT2D eigenvalue weighted by atomic mass is 10.0. The molecule has 6 heteroatoms. The number of hydrogen-bond acceptors (Lipinski definition) is 4. The molecule has 0 aromatic carbocycles. The number of likely N-dealkylation sites (tertiary alicyclic amines) is 1. The first-order chi connectivity index (χ1) is 10.6. The lowest BCUT2D eigenvalue weighted by Crippen LogP contribution is -2.52. The van der Waals surface area contributed by atoms with Crippen molar-refractivity contribution in [3.63, 3.8) is 0 Å². The molecule has 0 aliphatic carbocycles. The van der Waals surface area contributed by atoms with Crippen molar-refractivity contribution in [3.05, 3.63) is 16.1 Å². The first-order valence-corrected chi connectivity index (χ1v) is 8.98. The van der Waals surface area contributed by atoms with Crippen LogP contribution in [0.15, 0.2) is 5.38 Å². The number of carbonyl (C=O) groups excluding carboxylic acids is 2. The summed E-state index contributed by atoms with van der Waals surface area (Å²) in [4.78, 5) is 30.7. The van der Waals surface area contributed by atoms with Gasteiger partial charge in [0.25, 0.3) is 0 Å². The molecular weight excluding hydrogens is 298 g/mol. The maximum Gasteiger partial charge on any atom is 0.242 e. The standard InChI is InChI=1S/C16H25N3O2S/c1-3-6-15(20)19-10-5-4-7-14(19)16(21)17-9-8-13-11-22-12(2)18-13/h11,14H,3-10H2,1-2H3,(H,17,21)/t14-/m1/s1. The fourth-order valence-corrected chi connectivity index (χ4v) is 3.46. The maximum absolute atomic E-state index is 12.4. The molecule has 0 bridgehead atoms. The molecule has 2 rings (SSSR count). The molecule has 5 nitrogen and oxygen atoms in total. The summed E-state index contributed by atoms with van der Waals surface area (Å²) in [6.07, 6.45) is 4.88. The minimum atomic E-state index is -0.287. The van der Waals surface area contributed by atoms with E-state index in [1.807, 2.05) is 19.2 Å². The molecule has 0 unspecified atom stereocenters. The molecule has 1 atom stereocenters. The number of nitrogens with zero attached hydrogens (tertiary/aromatic N) is 2. The van der Waals surface area contributed by atoms with Gasteiger partial charge in [-0.05, 0) is 32.6 Å². The number of amides is 2. The molecule has 2 amide bonds. The van der Waals surface area contributed by atoms with E-state index in [0.717, 1.165) is 42.8 Å². The summed E-state index contributed by atoms with van der Waals surface area (Å²) in [7, 11) is 0. The summed E-state index contributed by atoms with van der Waals surface area (Å²) in [6.45, 7) is 5.26. The Morgan fingerprint density at radius 1 is 1.45 bits per heavy atom. The Balaban J connectivity index is 1.84. The molecule has 0 radical (unpaired) electrons. The lowest BCUT2D eigenvalue weighted by molar-refractivity contribution is -0.142. The molecule has 1 aromatic heterocycles. The second kappa shape index (κ2) is 8.27. The first kappa shape index (κ1) is 16.9. The topological polar surface area (TPSA) is 62.3 Å². The Morgan fingerprint density at radius 3 is 2.95 bits per heavy atom. The van der Waals surface area contributed by atoms with Crippen LogP contribution in [0.2, 0.25) is 0 Å². The maximum atomic E-state index is 12.4. The highest BCUT2D eigenvalue weighted by Crippen LogP contribution is 2.18. The van der Waals surface area contributed by atoms with Gasteiger partial charge >= 0.3 is 0 Å². The van der Waals surface area contributed by atoms with Gasteiger partial charge in [-0.1, -0.05) is 6.92 Å². The minimum Gasteiger partial charge on any atom is -0.354 e. The molecule has 1 aromatic rings. The van der Waals surface area contributed by atoms with Crippen LogP contribution in [-0.4, -0.2) is 40.8 Å². The molecule has 1 fully saturated rings. The van der Waals surface area contributed by atoms with E-state index < -0.39 is 0 Å². The summed E-state index contributed by atoms with van der Waals surface area (Å²) >= 11 is 1.62. The van der Waals surface area contributed by atoms with Crippen molar-refractivity contribution in [1.82, 2.24) is 15.2 Å². The van der Waals surface area contributed by atoms with E-state index in [0.29, 0.717) is 19.5 Å². The molecule has 0 saturated carbocycles. The van der Waals surface area contributed by atoms with Crippen molar-refractivity contribution >= 4 is 23.2 Å².